The number of carbonyl (C=O) groups is 1. The Labute approximate surface area is 160 Å². The summed E-state index contributed by atoms with van der Waals surface area (Å²) in [6.45, 7) is 0.469. The molecule has 25 heavy (non-hydrogen) atoms. The Morgan fingerprint density at radius 3 is 2.68 bits per heavy atom. The Morgan fingerprint density at radius 2 is 1.88 bits per heavy atom. The number of carbonyl (C=O) groups excluding carboxylic acids is 1. The molecule has 0 spiro atoms. The van der Waals surface area contributed by atoms with Crippen molar-refractivity contribution in [3.63, 3.8) is 0 Å². The molecule has 3 rings (SSSR count). The van der Waals surface area contributed by atoms with Crippen molar-refractivity contribution < 1.29 is 4.79 Å². The lowest BCUT2D eigenvalue weighted by Gasteiger charge is -2.10. The molecule has 1 heterocycles. The average Bonchev–Trinajstić information content (AvgIpc) is 2.58. The van der Waals surface area contributed by atoms with E-state index in [1.807, 2.05) is 24.3 Å². The maximum Gasteiger partial charge on any atom is 0.319 e. The van der Waals surface area contributed by atoms with Crippen molar-refractivity contribution >= 4 is 57.3 Å². The van der Waals surface area contributed by atoms with Gasteiger partial charge in [-0.05, 0) is 36.2 Å². The van der Waals surface area contributed by atoms with Gasteiger partial charge in [0.15, 0.2) is 0 Å². The molecule has 0 bridgehead atoms. The first kappa shape index (κ1) is 17.8. The van der Waals surface area contributed by atoms with Gasteiger partial charge in [0.1, 0.15) is 5.15 Å². The highest BCUT2D eigenvalue weighted by atomic mass is 35.5. The van der Waals surface area contributed by atoms with E-state index >= 15 is 0 Å². The molecule has 7 heteroatoms. The number of pyridine rings is 1. The lowest BCUT2D eigenvalue weighted by Crippen LogP contribution is -2.30. The Balaban J connectivity index is 1.61. The smallest absolute Gasteiger partial charge is 0.319 e. The molecule has 0 aliphatic rings. The van der Waals surface area contributed by atoms with E-state index in [1.54, 1.807) is 24.4 Å². The average molecular weight is 395 g/mol. The first-order chi connectivity index (χ1) is 12.0. The van der Waals surface area contributed by atoms with Gasteiger partial charge < -0.3 is 10.6 Å². The van der Waals surface area contributed by atoms with Crippen LogP contribution < -0.4 is 10.6 Å². The highest BCUT2D eigenvalue weighted by molar-refractivity contribution is 6.42. The quantitative estimate of drug-likeness (QED) is 0.569. The lowest BCUT2D eigenvalue weighted by molar-refractivity contribution is 0.252. The van der Waals surface area contributed by atoms with Crippen molar-refractivity contribution in [3.05, 3.63) is 69.4 Å². The fraction of sp³-hybridized carbons (Fsp3) is 0.111. The number of urea groups is 1. The standard InChI is InChI=1S/C18H14Cl3N3O/c19-14-5-4-11(8-15(14)20)6-7-22-18(25)24-16-3-1-2-12-10-23-17(21)9-13(12)16/h1-5,8-10H,6-7H2,(H2,22,24,25). The van der Waals surface area contributed by atoms with Crippen molar-refractivity contribution in [2.75, 3.05) is 11.9 Å². The number of rotatable bonds is 4. The molecule has 0 aliphatic heterocycles. The molecule has 0 radical (unpaired) electrons. The van der Waals surface area contributed by atoms with Gasteiger partial charge in [-0.1, -0.05) is 53.0 Å². The van der Waals surface area contributed by atoms with E-state index in [-0.39, 0.29) is 6.03 Å². The van der Waals surface area contributed by atoms with E-state index in [2.05, 4.69) is 15.6 Å². The molecule has 0 fully saturated rings. The third-order valence-corrected chi connectivity index (χ3v) is 4.61. The fourth-order valence-corrected chi connectivity index (χ4v) is 2.91. The normalized spacial score (nSPS) is 10.7. The summed E-state index contributed by atoms with van der Waals surface area (Å²) in [6.07, 6.45) is 2.32. The van der Waals surface area contributed by atoms with Gasteiger partial charge in [0.25, 0.3) is 0 Å². The largest absolute Gasteiger partial charge is 0.338 e. The molecule has 0 saturated heterocycles. The van der Waals surface area contributed by atoms with Crippen LogP contribution in [0, 0.1) is 0 Å². The molecule has 2 aromatic carbocycles. The van der Waals surface area contributed by atoms with Crippen LogP contribution in [0.25, 0.3) is 10.8 Å². The number of anilines is 1. The highest BCUT2D eigenvalue weighted by Gasteiger charge is 2.07. The van der Waals surface area contributed by atoms with E-state index in [4.69, 9.17) is 34.8 Å². The van der Waals surface area contributed by atoms with E-state index in [1.165, 1.54) is 0 Å². The summed E-state index contributed by atoms with van der Waals surface area (Å²) in [6, 6.07) is 12.4. The van der Waals surface area contributed by atoms with Crippen LogP contribution in [-0.2, 0) is 6.42 Å². The predicted molar refractivity (Wildman–Crippen MR) is 104 cm³/mol. The molecule has 4 nitrogen and oxygen atoms in total. The van der Waals surface area contributed by atoms with Crippen molar-refractivity contribution in [2.45, 2.75) is 6.42 Å². The molecule has 128 valence electrons. The van der Waals surface area contributed by atoms with E-state index in [0.717, 1.165) is 16.3 Å². The molecule has 1 aromatic heterocycles. The first-order valence-corrected chi connectivity index (χ1v) is 8.69. The lowest BCUT2D eigenvalue weighted by atomic mass is 10.1. The minimum absolute atomic E-state index is 0.291. The molecule has 2 N–H and O–H groups in total. The van der Waals surface area contributed by atoms with Gasteiger partial charge in [-0.3, -0.25) is 0 Å². The second-order valence-corrected chi connectivity index (χ2v) is 6.61. The molecule has 2 amide bonds. The summed E-state index contributed by atoms with van der Waals surface area (Å²) >= 11 is 17.8. The highest BCUT2D eigenvalue weighted by Crippen LogP contribution is 2.25. The Hall–Kier alpha value is -2.01. The molecular formula is C18H14Cl3N3O. The van der Waals surface area contributed by atoms with Gasteiger partial charge in [0.05, 0.1) is 15.7 Å². The van der Waals surface area contributed by atoms with E-state index in [0.29, 0.717) is 33.9 Å². The number of nitrogens with zero attached hydrogens (tertiary/aromatic N) is 1. The topological polar surface area (TPSA) is 54.0 Å². The minimum atomic E-state index is -0.291. The number of fused-ring (bicyclic) bond motifs is 1. The fourth-order valence-electron chi connectivity index (χ4n) is 2.44. The summed E-state index contributed by atoms with van der Waals surface area (Å²) in [4.78, 5) is 16.2. The van der Waals surface area contributed by atoms with Crippen LogP contribution in [0.15, 0.2) is 48.7 Å². The summed E-state index contributed by atoms with van der Waals surface area (Å²) < 4.78 is 0. The summed E-state index contributed by atoms with van der Waals surface area (Å²) in [5, 5.41) is 8.79. The predicted octanol–water partition coefficient (Wildman–Crippen LogP) is 5.56. The van der Waals surface area contributed by atoms with Crippen molar-refractivity contribution in [1.82, 2.24) is 10.3 Å². The first-order valence-electron chi connectivity index (χ1n) is 7.56. The SMILES string of the molecule is O=C(NCCc1ccc(Cl)c(Cl)c1)Nc1cccc2cnc(Cl)cc12. The number of aromatic nitrogens is 1. The third-order valence-electron chi connectivity index (χ3n) is 3.66. The summed E-state index contributed by atoms with van der Waals surface area (Å²) in [5.74, 6) is 0. The van der Waals surface area contributed by atoms with Crippen LogP contribution in [0.5, 0.6) is 0 Å². The molecule has 0 aliphatic carbocycles. The van der Waals surface area contributed by atoms with Crippen LogP contribution in [0.2, 0.25) is 15.2 Å². The van der Waals surface area contributed by atoms with Crippen LogP contribution in [0.4, 0.5) is 10.5 Å². The molecular weight excluding hydrogens is 381 g/mol. The van der Waals surface area contributed by atoms with Crippen LogP contribution in [-0.4, -0.2) is 17.6 Å². The van der Waals surface area contributed by atoms with Crippen molar-refractivity contribution in [1.29, 1.82) is 0 Å². The maximum absolute atomic E-state index is 12.1. The Kier molecular flexibility index (Phi) is 5.63. The van der Waals surface area contributed by atoms with Gasteiger partial charge >= 0.3 is 6.03 Å². The summed E-state index contributed by atoms with van der Waals surface area (Å²) in [7, 11) is 0. The zero-order valence-electron chi connectivity index (χ0n) is 13.0. The summed E-state index contributed by atoms with van der Waals surface area (Å²) in [5.41, 5.74) is 1.67. The second-order valence-electron chi connectivity index (χ2n) is 5.41. The number of hydrogen-bond acceptors (Lipinski definition) is 2. The number of amides is 2. The number of benzene rings is 2. The molecule has 3 aromatic rings. The molecule has 0 atom stereocenters. The van der Waals surface area contributed by atoms with Crippen molar-refractivity contribution in [2.24, 2.45) is 0 Å². The van der Waals surface area contributed by atoms with E-state index in [9.17, 15) is 4.79 Å². The minimum Gasteiger partial charge on any atom is -0.338 e. The second kappa shape index (κ2) is 7.91. The number of hydrogen-bond donors (Lipinski definition) is 2. The third kappa shape index (κ3) is 4.54. The zero-order chi connectivity index (χ0) is 17.8. The van der Waals surface area contributed by atoms with Crippen LogP contribution in [0.1, 0.15) is 5.56 Å². The van der Waals surface area contributed by atoms with Crippen molar-refractivity contribution in [3.8, 4) is 0 Å². The number of nitrogens with one attached hydrogen (secondary N) is 2. The Bertz CT molecular complexity index is 931. The molecule has 0 unspecified atom stereocenters. The van der Waals surface area contributed by atoms with Gasteiger partial charge in [-0.25, -0.2) is 9.78 Å². The van der Waals surface area contributed by atoms with Crippen LogP contribution >= 0.6 is 34.8 Å². The molecule has 0 saturated carbocycles. The monoisotopic (exact) mass is 393 g/mol. The zero-order valence-corrected chi connectivity index (χ0v) is 15.3. The van der Waals surface area contributed by atoms with E-state index < -0.39 is 0 Å². The Morgan fingerprint density at radius 1 is 1.04 bits per heavy atom. The van der Waals surface area contributed by atoms with Gasteiger partial charge in [0, 0.05) is 23.5 Å². The van der Waals surface area contributed by atoms with Crippen LogP contribution in [0.3, 0.4) is 0 Å². The van der Waals surface area contributed by atoms with Gasteiger partial charge in [0.2, 0.25) is 0 Å². The number of halogens is 3. The van der Waals surface area contributed by atoms with Gasteiger partial charge in [-0.2, -0.15) is 0 Å². The maximum atomic E-state index is 12.1. The van der Waals surface area contributed by atoms with Gasteiger partial charge in [-0.15, -0.1) is 0 Å².